The van der Waals surface area contributed by atoms with Gasteiger partial charge in [-0.2, -0.15) is 0 Å². The Balaban J connectivity index is 1.73. The van der Waals surface area contributed by atoms with Crippen LogP contribution in [0.15, 0.2) is 29.3 Å². The van der Waals surface area contributed by atoms with Crippen molar-refractivity contribution in [3.05, 3.63) is 34.9 Å². The average molecular weight is 323 g/mol. The van der Waals surface area contributed by atoms with Crippen molar-refractivity contribution in [1.82, 2.24) is 10.2 Å². The van der Waals surface area contributed by atoms with E-state index in [0.717, 1.165) is 44.2 Å². The lowest BCUT2D eigenvalue weighted by atomic mass is 9.96. The zero-order valence-corrected chi connectivity index (χ0v) is 14.1. The molecule has 0 atom stereocenters. The van der Waals surface area contributed by atoms with E-state index in [1.807, 2.05) is 12.1 Å². The molecule has 1 aliphatic heterocycles. The van der Waals surface area contributed by atoms with Gasteiger partial charge in [-0.25, -0.2) is 0 Å². The molecule has 2 rings (SSSR count). The molecule has 0 spiro atoms. The Morgan fingerprint density at radius 3 is 2.77 bits per heavy atom. The van der Waals surface area contributed by atoms with E-state index in [4.69, 9.17) is 17.3 Å². The van der Waals surface area contributed by atoms with E-state index in [2.05, 4.69) is 34.3 Å². The maximum absolute atomic E-state index is 6.23. The first-order chi connectivity index (χ1) is 10.7. The highest BCUT2D eigenvalue weighted by Gasteiger charge is 2.19. The number of aliphatic imine (C=N–C) groups is 1. The molecule has 0 unspecified atom stereocenters. The molecule has 1 saturated heterocycles. The molecule has 1 aromatic carbocycles. The van der Waals surface area contributed by atoms with Crippen LogP contribution >= 0.6 is 11.6 Å². The summed E-state index contributed by atoms with van der Waals surface area (Å²) < 4.78 is 0. The SMILES string of the molecule is CCCNC(N)=NCC1CCN(Cc2ccccc2Cl)CC1. The van der Waals surface area contributed by atoms with E-state index in [1.165, 1.54) is 18.4 Å². The van der Waals surface area contributed by atoms with Crippen LogP contribution < -0.4 is 11.1 Å². The minimum atomic E-state index is 0.584. The normalized spacial score (nSPS) is 17.6. The number of likely N-dealkylation sites (tertiary alicyclic amines) is 1. The predicted molar refractivity (Wildman–Crippen MR) is 94.2 cm³/mol. The minimum absolute atomic E-state index is 0.584. The van der Waals surface area contributed by atoms with Crippen LogP contribution in [0.4, 0.5) is 0 Å². The summed E-state index contributed by atoms with van der Waals surface area (Å²) in [5.74, 6) is 1.23. The highest BCUT2D eigenvalue weighted by molar-refractivity contribution is 6.31. The van der Waals surface area contributed by atoms with Crippen molar-refractivity contribution >= 4 is 17.6 Å². The summed E-state index contributed by atoms with van der Waals surface area (Å²) in [7, 11) is 0. The van der Waals surface area contributed by atoms with Gasteiger partial charge in [0.2, 0.25) is 0 Å². The molecule has 0 radical (unpaired) electrons. The van der Waals surface area contributed by atoms with Crippen molar-refractivity contribution in [1.29, 1.82) is 0 Å². The highest BCUT2D eigenvalue weighted by atomic mass is 35.5. The number of guanidine groups is 1. The Hall–Kier alpha value is -1.26. The first-order valence-corrected chi connectivity index (χ1v) is 8.56. The molecule has 0 saturated carbocycles. The lowest BCUT2D eigenvalue weighted by Gasteiger charge is -2.31. The van der Waals surface area contributed by atoms with Gasteiger partial charge in [-0.15, -0.1) is 0 Å². The number of benzene rings is 1. The molecule has 4 nitrogen and oxygen atoms in total. The molecule has 122 valence electrons. The van der Waals surface area contributed by atoms with Crippen LogP contribution in [-0.2, 0) is 6.54 Å². The van der Waals surface area contributed by atoms with E-state index in [9.17, 15) is 0 Å². The Labute approximate surface area is 138 Å². The maximum Gasteiger partial charge on any atom is 0.188 e. The maximum atomic E-state index is 6.23. The van der Waals surface area contributed by atoms with Crippen LogP contribution in [0, 0.1) is 5.92 Å². The number of hydrogen-bond acceptors (Lipinski definition) is 2. The summed E-state index contributed by atoms with van der Waals surface area (Å²) in [6.07, 6.45) is 3.42. The Morgan fingerprint density at radius 1 is 1.36 bits per heavy atom. The number of halogens is 1. The molecule has 1 fully saturated rings. The van der Waals surface area contributed by atoms with Crippen LogP contribution in [0.5, 0.6) is 0 Å². The van der Waals surface area contributed by atoms with Gasteiger partial charge >= 0.3 is 0 Å². The topological polar surface area (TPSA) is 53.6 Å². The quantitative estimate of drug-likeness (QED) is 0.625. The molecule has 0 aliphatic carbocycles. The first-order valence-electron chi connectivity index (χ1n) is 8.18. The Bertz CT molecular complexity index is 481. The highest BCUT2D eigenvalue weighted by Crippen LogP contribution is 2.22. The van der Waals surface area contributed by atoms with Gasteiger partial charge in [0, 0.05) is 24.7 Å². The molecule has 1 aromatic rings. The second-order valence-electron chi connectivity index (χ2n) is 5.96. The first kappa shape index (κ1) is 17.1. The summed E-state index contributed by atoms with van der Waals surface area (Å²) in [5, 5.41) is 3.99. The number of nitrogens with zero attached hydrogens (tertiary/aromatic N) is 2. The number of rotatable bonds is 6. The van der Waals surface area contributed by atoms with Crippen molar-refractivity contribution in [3.8, 4) is 0 Å². The summed E-state index contributed by atoms with van der Waals surface area (Å²) in [6, 6.07) is 8.10. The zero-order chi connectivity index (χ0) is 15.8. The fourth-order valence-electron chi connectivity index (χ4n) is 2.73. The number of piperidine rings is 1. The van der Waals surface area contributed by atoms with E-state index in [-0.39, 0.29) is 0 Å². The van der Waals surface area contributed by atoms with Crippen LogP contribution in [0.25, 0.3) is 0 Å². The van der Waals surface area contributed by atoms with E-state index >= 15 is 0 Å². The molecule has 3 N–H and O–H groups in total. The standard InChI is InChI=1S/C17H27ClN4/c1-2-9-20-17(19)21-12-14-7-10-22(11-8-14)13-15-5-3-4-6-16(15)18/h3-6,14H,2,7-13H2,1H3,(H3,19,20,21). The molecular weight excluding hydrogens is 296 g/mol. The van der Waals surface area contributed by atoms with Crippen molar-refractivity contribution in [2.75, 3.05) is 26.2 Å². The van der Waals surface area contributed by atoms with Crippen LogP contribution in [0.3, 0.4) is 0 Å². The van der Waals surface area contributed by atoms with Crippen molar-refractivity contribution < 1.29 is 0 Å². The fourth-order valence-corrected chi connectivity index (χ4v) is 2.93. The third kappa shape index (κ3) is 5.50. The molecule has 22 heavy (non-hydrogen) atoms. The van der Waals surface area contributed by atoms with Crippen LogP contribution in [0.1, 0.15) is 31.7 Å². The summed E-state index contributed by atoms with van der Waals surface area (Å²) in [4.78, 5) is 6.92. The molecular formula is C17H27ClN4. The van der Waals surface area contributed by atoms with Gasteiger partial charge in [-0.05, 0) is 49.9 Å². The minimum Gasteiger partial charge on any atom is -0.370 e. The van der Waals surface area contributed by atoms with Gasteiger partial charge in [0.15, 0.2) is 5.96 Å². The Kier molecular flexibility index (Phi) is 7.00. The smallest absolute Gasteiger partial charge is 0.188 e. The van der Waals surface area contributed by atoms with Gasteiger partial charge in [0.25, 0.3) is 0 Å². The van der Waals surface area contributed by atoms with Gasteiger partial charge in [0.05, 0.1) is 0 Å². The third-order valence-electron chi connectivity index (χ3n) is 4.13. The van der Waals surface area contributed by atoms with Gasteiger partial charge in [-0.1, -0.05) is 36.7 Å². The summed E-state index contributed by atoms with van der Waals surface area (Å²) in [5.41, 5.74) is 7.05. The van der Waals surface area contributed by atoms with E-state index in [1.54, 1.807) is 0 Å². The zero-order valence-electron chi connectivity index (χ0n) is 13.4. The van der Waals surface area contributed by atoms with Crippen LogP contribution in [-0.4, -0.2) is 37.0 Å². The second-order valence-corrected chi connectivity index (χ2v) is 6.37. The fraction of sp³-hybridized carbons (Fsp3) is 0.588. The monoisotopic (exact) mass is 322 g/mol. The molecule has 0 bridgehead atoms. The lowest BCUT2D eigenvalue weighted by molar-refractivity contribution is 0.180. The van der Waals surface area contributed by atoms with Crippen LogP contribution in [0.2, 0.25) is 5.02 Å². The molecule has 1 heterocycles. The van der Waals surface area contributed by atoms with Gasteiger partial charge < -0.3 is 11.1 Å². The molecule has 1 aliphatic rings. The van der Waals surface area contributed by atoms with Crippen molar-refractivity contribution in [2.24, 2.45) is 16.6 Å². The molecule has 0 aromatic heterocycles. The number of nitrogens with two attached hydrogens (primary N) is 1. The largest absolute Gasteiger partial charge is 0.370 e. The van der Waals surface area contributed by atoms with E-state index in [0.29, 0.717) is 11.9 Å². The van der Waals surface area contributed by atoms with E-state index < -0.39 is 0 Å². The third-order valence-corrected chi connectivity index (χ3v) is 4.50. The summed E-state index contributed by atoms with van der Waals surface area (Å²) in [6.45, 7) is 7.00. The van der Waals surface area contributed by atoms with Crippen molar-refractivity contribution in [3.63, 3.8) is 0 Å². The molecule has 5 heteroatoms. The van der Waals surface area contributed by atoms with Crippen molar-refractivity contribution in [2.45, 2.75) is 32.7 Å². The molecule has 0 amide bonds. The lowest BCUT2D eigenvalue weighted by Crippen LogP contribution is -2.36. The second kappa shape index (κ2) is 9.01. The number of nitrogens with one attached hydrogen (secondary N) is 1. The Morgan fingerprint density at radius 2 is 2.09 bits per heavy atom. The predicted octanol–water partition coefficient (Wildman–Crippen LogP) is 2.87. The average Bonchev–Trinajstić information content (AvgIpc) is 2.54. The van der Waals surface area contributed by atoms with Gasteiger partial charge in [-0.3, -0.25) is 9.89 Å². The summed E-state index contributed by atoms with van der Waals surface area (Å²) >= 11 is 6.23. The number of hydrogen-bond donors (Lipinski definition) is 2. The van der Waals surface area contributed by atoms with Gasteiger partial charge in [0.1, 0.15) is 0 Å².